The lowest BCUT2D eigenvalue weighted by Crippen LogP contribution is -2.37. The molecule has 4 rings (SSSR count). The van der Waals surface area contributed by atoms with Gasteiger partial charge >= 0.3 is 0 Å². The first-order valence-corrected chi connectivity index (χ1v) is 10.9. The van der Waals surface area contributed by atoms with Gasteiger partial charge in [0.15, 0.2) is 11.3 Å². The van der Waals surface area contributed by atoms with E-state index in [9.17, 15) is 14.0 Å². The molecule has 1 fully saturated rings. The van der Waals surface area contributed by atoms with Crippen LogP contribution in [-0.4, -0.2) is 50.8 Å². The molecule has 1 aliphatic rings. The van der Waals surface area contributed by atoms with Crippen LogP contribution in [-0.2, 0) is 4.79 Å². The van der Waals surface area contributed by atoms with Gasteiger partial charge in [0.05, 0.1) is 11.0 Å². The molecule has 1 aliphatic heterocycles. The van der Waals surface area contributed by atoms with Crippen molar-refractivity contribution in [3.63, 3.8) is 0 Å². The van der Waals surface area contributed by atoms with Crippen LogP contribution in [0.2, 0.25) is 0 Å². The van der Waals surface area contributed by atoms with E-state index in [0.717, 1.165) is 10.6 Å². The van der Waals surface area contributed by atoms with Crippen LogP contribution in [0.5, 0.6) is 0 Å². The van der Waals surface area contributed by atoms with Crippen LogP contribution in [0, 0.1) is 12.7 Å². The number of carbonyl (C=O) groups is 2. The summed E-state index contributed by atoms with van der Waals surface area (Å²) in [6, 6.07) is 5.95. The van der Waals surface area contributed by atoms with Crippen LogP contribution in [0.15, 0.2) is 24.3 Å². The third-order valence-corrected chi connectivity index (χ3v) is 6.11. The summed E-state index contributed by atoms with van der Waals surface area (Å²) in [6.07, 6.45) is 0.697. The molecule has 3 heterocycles. The van der Waals surface area contributed by atoms with E-state index in [1.807, 2.05) is 19.9 Å². The number of thiazole rings is 1. The lowest BCUT2D eigenvalue weighted by atomic mass is 10.1. The second-order valence-electron chi connectivity index (χ2n) is 7.64. The van der Waals surface area contributed by atoms with E-state index in [-0.39, 0.29) is 41.4 Å². The number of amides is 2. The van der Waals surface area contributed by atoms with Crippen LogP contribution < -0.4 is 10.6 Å². The molecule has 162 valence electrons. The third-order valence-electron chi connectivity index (χ3n) is 5.14. The van der Waals surface area contributed by atoms with Crippen molar-refractivity contribution >= 4 is 39.4 Å². The summed E-state index contributed by atoms with van der Waals surface area (Å²) in [4.78, 5) is 39.7. The summed E-state index contributed by atoms with van der Waals surface area (Å²) in [6.45, 7) is 6.16. The Morgan fingerprint density at radius 1 is 1.29 bits per heavy atom. The first-order chi connectivity index (χ1) is 14.8. The van der Waals surface area contributed by atoms with Crippen LogP contribution in [0.25, 0.3) is 10.3 Å². The number of hydrogen-bond acceptors (Lipinski definition) is 7. The molecule has 0 aliphatic carbocycles. The van der Waals surface area contributed by atoms with E-state index in [0.29, 0.717) is 29.9 Å². The molecule has 0 saturated carbocycles. The van der Waals surface area contributed by atoms with Crippen LogP contribution in [0.1, 0.15) is 47.4 Å². The Morgan fingerprint density at radius 2 is 2.10 bits per heavy atom. The van der Waals surface area contributed by atoms with Crippen molar-refractivity contribution in [2.45, 2.75) is 39.3 Å². The van der Waals surface area contributed by atoms with Gasteiger partial charge in [-0.05, 0) is 38.0 Å². The second kappa shape index (κ2) is 8.54. The zero-order chi connectivity index (χ0) is 22.1. The molecule has 0 unspecified atom stereocenters. The number of hydrogen-bond donors (Lipinski definition) is 2. The number of fused-ring (bicyclic) bond motifs is 1. The normalized spacial score (nSPS) is 17.0. The summed E-state index contributed by atoms with van der Waals surface area (Å²) < 4.78 is 14.2. The zero-order valence-electron chi connectivity index (χ0n) is 17.5. The smallest absolute Gasteiger partial charge is 0.274 e. The van der Waals surface area contributed by atoms with Gasteiger partial charge in [0.1, 0.15) is 10.5 Å². The van der Waals surface area contributed by atoms with Crippen molar-refractivity contribution in [2.75, 3.05) is 18.4 Å². The summed E-state index contributed by atoms with van der Waals surface area (Å²) in [5.74, 6) is -0.392. The number of aromatic nitrogens is 3. The molecule has 0 radical (unpaired) electrons. The average molecular weight is 443 g/mol. The topological polar surface area (TPSA) is 100 Å². The number of aryl methyl sites for hydroxylation is 1. The zero-order valence-corrected chi connectivity index (χ0v) is 18.3. The second-order valence-corrected chi connectivity index (χ2v) is 8.84. The highest BCUT2D eigenvalue weighted by Gasteiger charge is 2.30. The lowest BCUT2D eigenvalue weighted by Gasteiger charge is -2.18. The molecule has 2 N–H and O–H groups in total. The number of carbonyl (C=O) groups excluding carboxylic acids is 2. The highest BCUT2D eigenvalue weighted by Crippen LogP contribution is 2.27. The Kier molecular flexibility index (Phi) is 5.81. The number of nitrogens with one attached hydrogen (secondary N) is 2. The molecular formula is C21H23FN6O2S. The van der Waals surface area contributed by atoms with E-state index in [1.165, 1.54) is 30.4 Å². The molecule has 0 spiro atoms. The van der Waals surface area contributed by atoms with Crippen molar-refractivity contribution < 1.29 is 14.0 Å². The van der Waals surface area contributed by atoms with Gasteiger partial charge in [0.25, 0.3) is 5.91 Å². The summed E-state index contributed by atoms with van der Waals surface area (Å²) in [5.41, 5.74) is 1.48. The highest BCUT2D eigenvalue weighted by atomic mass is 32.1. The minimum atomic E-state index is -0.323. The number of nitrogens with zero attached hydrogens (tertiary/aromatic N) is 4. The third kappa shape index (κ3) is 4.63. The van der Waals surface area contributed by atoms with Crippen molar-refractivity contribution in [3.8, 4) is 0 Å². The Morgan fingerprint density at radius 3 is 2.84 bits per heavy atom. The Hall–Kier alpha value is -3.14. The maximum atomic E-state index is 13.6. The van der Waals surface area contributed by atoms with Gasteiger partial charge in [0.2, 0.25) is 11.9 Å². The fraction of sp³-hybridized carbons (Fsp3) is 0.381. The van der Waals surface area contributed by atoms with Gasteiger partial charge in [-0.1, -0.05) is 12.1 Å². The monoisotopic (exact) mass is 442 g/mol. The molecular weight excluding hydrogens is 419 g/mol. The predicted molar refractivity (Wildman–Crippen MR) is 117 cm³/mol. The van der Waals surface area contributed by atoms with Gasteiger partial charge in [-0.2, -0.15) is 4.98 Å². The van der Waals surface area contributed by atoms with Crippen molar-refractivity contribution in [3.05, 3.63) is 46.3 Å². The van der Waals surface area contributed by atoms with Crippen LogP contribution >= 0.6 is 11.3 Å². The van der Waals surface area contributed by atoms with Gasteiger partial charge in [-0.25, -0.2) is 14.4 Å². The van der Waals surface area contributed by atoms with E-state index >= 15 is 0 Å². The molecule has 1 saturated heterocycles. The van der Waals surface area contributed by atoms with Gasteiger partial charge in [-0.15, -0.1) is 11.3 Å². The van der Waals surface area contributed by atoms with Crippen LogP contribution in [0.4, 0.5) is 10.3 Å². The largest absolute Gasteiger partial charge is 0.352 e. The fourth-order valence-corrected chi connectivity index (χ4v) is 4.53. The lowest BCUT2D eigenvalue weighted by molar-refractivity contribution is -0.119. The van der Waals surface area contributed by atoms with E-state index < -0.39 is 0 Å². The van der Waals surface area contributed by atoms with Gasteiger partial charge < -0.3 is 15.5 Å². The molecule has 2 amide bonds. The number of likely N-dealkylation sites (tertiary alicyclic amines) is 1. The average Bonchev–Trinajstić information content (AvgIpc) is 3.32. The van der Waals surface area contributed by atoms with Crippen molar-refractivity contribution in [1.82, 2.24) is 25.2 Å². The number of anilines is 1. The molecule has 2 atom stereocenters. The number of rotatable bonds is 5. The SMILES string of the molecule is CC(=O)N[C@H]1CCN(C(=O)c2nc(N[C@@H](C)c3cccc(F)c3)nc3nc(C)sc23)C1. The van der Waals surface area contributed by atoms with Crippen molar-refractivity contribution in [2.24, 2.45) is 0 Å². The van der Waals surface area contributed by atoms with Crippen molar-refractivity contribution in [1.29, 1.82) is 0 Å². The van der Waals surface area contributed by atoms with Gasteiger partial charge in [-0.3, -0.25) is 9.59 Å². The molecule has 1 aromatic carbocycles. The predicted octanol–water partition coefficient (Wildman–Crippen LogP) is 3.06. The standard InChI is InChI=1S/C21H23FN6O2S/c1-11(14-5-4-6-15(22)9-14)23-21-26-17(18-19(27-21)25-13(3)31-18)20(30)28-8-7-16(10-28)24-12(2)29/h4-6,9,11,16H,7-8,10H2,1-3H3,(H,24,29)(H,23,26,27)/t11-,16-/m0/s1. The minimum absolute atomic E-state index is 0.0624. The fourth-order valence-electron chi connectivity index (χ4n) is 3.69. The summed E-state index contributed by atoms with van der Waals surface area (Å²) in [7, 11) is 0. The quantitative estimate of drug-likeness (QED) is 0.630. The Balaban J connectivity index is 1.62. The number of benzene rings is 1. The highest BCUT2D eigenvalue weighted by molar-refractivity contribution is 7.18. The first kappa shape index (κ1) is 21.1. The summed E-state index contributed by atoms with van der Waals surface area (Å²) in [5, 5.41) is 6.80. The van der Waals surface area contributed by atoms with E-state index in [4.69, 9.17) is 0 Å². The number of halogens is 1. The Bertz CT molecular complexity index is 1150. The van der Waals surface area contributed by atoms with E-state index in [2.05, 4.69) is 25.6 Å². The summed E-state index contributed by atoms with van der Waals surface area (Å²) >= 11 is 1.37. The molecule has 2 aromatic heterocycles. The minimum Gasteiger partial charge on any atom is -0.352 e. The molecule has 3 aromatic rings. The Labute approximate surface area is 182 Å². The van der Waals surface area contributed by atoms with Gasteiger partial charge in [0, 0.05) is 26.1 Å². The van der Waals surface area contributed by atoms with Crippen LogP contribution in [0.3, 0.4) is 0 Å². The van der Waals surface area contributed by atoms with E-state index in [1.54, 1.807) is 11.0 Å². The molecule has 0 bridgehead atoms. The molecule has 8 nitrogen and oxygen atoms in total. The first-order valence-electron chi connectivity index (χ1n) is 10.0. The maximum absolute atomic E-state index is 13.6. The molecule has 10 heteroatoms. The maximum Gasteiger partial charge on any atom is 0.274 e. The molecule has 31 heavy (non-hydrogen) atoms.